The van der Waals surface area contributed by atoms with Crippen molar-refractivity contribution in [1.82, 2.24) is 15.5 Å². The summed E-state index contributed by atoms with van der Waals surface area (Å²) in [5, 5.41) is 6.32. The van der Waals surface area contributed by atoms with E-state index in [-0.39, 0.29) is 18.0 Å². The first-order valence-electron chi connectivity index (χ1n) is 9.86. The topological polar surface area (TPSA) is 64.7 Å². The lowest BCUT2D eigenvalue weighted by Crippen LogP contribution is -2.48. The van der Waals surface area contributed by atoms with Gasteiger partial charge >= 0.3 is 6.03 Å². The first-order valence-corrected chi connectivity index (χ1v) is 10.2. The molecule has 1 aliphatic rings. The van der Waals surface area contributed by atoms with Crippen molar-refractivity contribution in [2.75, 3.05) is 31.1 Å². The third-order valence-electron chi connectivity index (χ3n) is 4.83. The van der Waals surface area contributed by atoms with Crippen molar-refractivity contribution >= 4 is 29.2 Å². The summed E-state index contributed by atoms with van der Waals surface area (Å²) in [6.45, 7) is 7.06. The number of para-hydroxylation sites is 1. The zero-order valence-corrected chi connectivity index (χ0v) is 17.6. The second-order valence-corrected chi connectivity index (χ2v) is 7.82. The zero-order valence-electron chi connectivity index (χ0n) is 16.8. The van der Waals surface area contributed by atoms with Gasteiger partial charge in [0, 0.05) is 44.3 Å². The maximum Gasteiger partial charge on any atom is 0.315 e. The molecule has 6 nitrogen and oxygen atoms in total. The maximum absolute atomic E-state index is 12.8. The Hall–Kier alpha value is -2.73. The molecule has 7 heteroatoms. The Morgan fingerprint density at radius 2 is 1.66 bits per heavy atom. The molecule has 2 aromatic rings. The van der Waals surface area contributed by atoms with Gasteiger partial charge in [0.2, 0.25) is 0 Å². The molecule has 3 rings (SSSR count). The van der Waals surface area contributed by atoms with Crippen LogP contribution in [0.1, 0.15) is 29.8 Å². The number of amides is 3. The van der Waals surface area contributed by atoms with Gasteiger partial charge in [-0.1, -0.05) is 35.9 Å². The molecule has 0 atom stereocenters. The van der Waals surface area contributed by atoms with E-state index in [0.29, 0.717) is 25.2 Å². The third-order valence-corrected chi connectivity index (χ3v) is 5.15. The number of nitrogens with one attached hydrogen (secondary N) is 2. The van der Waals surface area contributed by atoms with Crippen molar-refractivity contribution in [2.45, 2.75) is 26.4 Å². The van der Waals surface area contributed by atoms with Gasteiger partial charge in [0.1, 0.15) is 0 Å². The molecule has 3 amide bonds. The van der Waals surface area contributed by atoms with Gasteiger partial charge in [-0.25, -0.2) is 4.79 Å². The highest BCUT2D eigenvalue weighted by Gasteiger charge is 2.23. The van der Waals surface area contributed by atoms with E-state index in [0.717, 1.165) is 29.4 Å². The van der Waals surface area contributed by atoms with E-state index in [4.69, 9.17) is 11.6 Å². The van der Waals surface area contributed by atoms with Crippen molar-refractivity contribution < 1.29 is 9.59 Å². The first-order chi connectivity index (χ1) is 13.9. The number of hydrogen-bond donors (Lipinski definition) is 2. The summed E-state index contributed by atoms with van der Waals surface area (Å²) in [7, 11) is 0. The Bertz CT molecular complexity index is 846. The molecular weight excluding hydrogens is 388 g/mol. The summed E-state index contributed by atoms with van der Waals surface area (Å²) in [5.41, 5.74) is 2.62. The van der Waals surface area contributed by atoms with Crippen LogP contribution in [0.25, 0.3) is 0 Å². The quantitative estimate of drug-likeness (QED) is 0.786. The molecule has 2 N–H and O–H groups in total. The van der Waals surface area contributed by atoms with Crippen LogP contribution in [0.5, 0.6) is 0 Å². The van der Waals surface area contributed by atoms with Crippen LogP contribution in [0.4, 0.5) is 10.5 Å². The molecule has 0 unspecified atom stereocenters. The Balaban J connectivity index is 1.52. The normalized spacial score (nSPS) is 14.1. The Morgan fingerprint density at radius 3 is 2.28 bits per heavy atom. The van der Waals surface area contributed by atoms with Gasteiger partial charge in [0.15, 0.2) is 0 Å². The molecule has 0 saturated carbocycles. The van der Waals surface area contributed by atoms with Gasteiger partial charge in [-0.3, -0.25) is 4.79 Å². The number of hydrogen-bond acceptors (Lipinski definition) is 3. The second-order valence-electron chi connectivity index (χ2n) is 7.41. The minimum Gasteiger partial charge on any atom is -0.367 e. The van der Waals surface area contributed by atoms with Gasteiger partial charge in [0.05, 0.1) is 10.7 Å². The van der Waals surface area contributed by atoms with Crippen LogP contribution in [0.3, 0.4) is 0 Å². The predicted molar refractivity (Wildman–Crippen MR) is 117 cm³/mol. The van der Waals surface area contributed by atoms with Crippen LogP contribution in [-0.4, -0.2) is 49.1 Å². The van der Waals surface area contributed by atoms with Crippen molar-refractivity contribution in [3.63, 3.8) is 0 Å². The van der Waals surface area contributed by atoms with Gasteiger partial charge in [-0.2, -0.15) is 0 Å². The van der Waals surface area contributed by atoms with Crippen LogP contribution >= 0.6 is 11.6 Å². The van der Waals surface area contributed by atoms with Crippen molar-refractivity contribution in [3.05, 3.63) is 64.7 Å². The summed E-state index contributed by atoms with van der Waals surface area (Å²) in [4.78, 5) is 28.6. The van der Waals surface area contributed by atoms with E-state index in [1.54, 1.807) is 0 Å². The first kappa shape index (κ1) is 21.0. The van der Waals surface area contributed by atoms with E-state index >= 15 is 0 Å². The highest BCUT2D eigenvalue weighted by Crippen LogP contribution is 2.26. The SMILES string of the molecule is CC(C)NC(=O)NCc1ccc(C(=O)N2CCN(c3ccccc3Cl)CC2)cc1. The summed E-state index contributed by atoms with van der Waals surface area (Å²) in [5.74, 6) is 0.0286. The lowest BCUT2D eigenvalue weighted by atomic mass is 10.1. The number of anilines is 1. The molecule has 0 radical (unpaired) electrons. The van der Waals surface area contributed by atoms with E-state index in [1.165, 1.54) is 0 Å². The lowest BCUT2D eigenvalue weighted by molar-refractivity contribution is 0.0746. The van der Waals surface area contributed by atoms with Crippen LogP contribution in [0.15, 0.2) is 48.5 Å². The largest absolute Gasteiger partial charge is 0.367 e. The lowest BCUT2D eigenvalue weighted by Gasteiger charge is -2.36. The second kappa shape index (κ2) is 9.65. The minimum atomic E-state index is -0.198. The van der Waals surface area contributed by atoms with Crippen LogP contribution in [-0.2, 0) is 6.54 Å². The maximum atomic E-state index is 12.8. The number of halogens is 1. The van der Waals surface area contributed by atoms with E-state index in [9.17, 15) is 9.59 Å². The smallest absolute Gasteiger partial charge is 0.315 e. The fourth-order valence-electron chi connectivity index (χ4n) is 3.30. The number of carbonyl (C=O) groups excluding carboxylic acids is 2. The monoisotopic (exact) mass is 414 g/mol. The fourth-order valence-corrected chi connectivity index (χ4v) is 3.56. The third kappa shape index (κ3) is 5.64. The molecule has 0 aromatic heterocycles. The Labute approximate surface area is 176 Å². The van der Waals surface area contributed by atoms with E-state index in [2.05, 4.69) is 15.5 Å². The highest BCUT2D eigenvalue weighted by atomic mass is 35.5. The van der Waals surface area contributed by atoms with Crippen LogP contribution in [0.2, 0.25) is 5.02 Å². The predicted octanol–water partition coefficient (Wildman–Crippen LogP) is 3.51. The van der Waals surface area contributed by atoms with Crippen molar-refractivity contribution in [3.8, 4) is 0 Å². The number of benzene rings is 2. The Kier molecular flexibility index (Phi) is 6.99. The molecule has 1 aliphatic heterocycles. The van der Waals surface area contributed by atoms with Crippen molar-refractivity contribution in [2.24, 2.45) is 0 Å². The Morgan fingerprint density at radius 1 is 1.00 bits per heavy atom. The number of nitrogens with zero attached hydrogens (tertiary/aromatic N) is 2. The minimum absolute atomic E-state index is 0.0286. The molecule has 1 heterocycles. The summed E-state index contributed by atoms with van der Waals surface area (Å²) in [6.07, 6.45) is 0. The number of piperazine rings is 1. The number of carbonyl (C=O) groups is 2. The van der Waals surface area contributed by atoms with E-state index < -0.39 is 0 Å². The standard InChI is InChI=1S/C22H27ClN4O2/c1-16(2)25-22(29)24-15-17-7-9-18(10-8-17)21(28)27-13-11-26(12-14-27)20-6-4-3-5-19(20)23/h3-10,16H,11-15H2,1-2H3,(H2,24,25,29). The molecule has 29 heavy (non-hydrogen) atoms. The van der Waals surface area contributed by atoms with E-state index in [1.807, 2.05) is 67.3 Å². The molecule has 154 valence electrons. The summed E-state index contributed by atoms with van der Waals surface area (Å²) >= 11 is 6.28. The van der Waals surface area contributed by atoms with Crippen molar-refractivity contribution in [1.29, 1.82) is 0 Å². The molecule has 0 aliphatic carbocycles. The van der Waals surface area contributed by atoms with Gasteiger partial charge in [0.25, 0.3) is 5.91 Å². The molecule has 2 aromatic carbocycles. The fraction of sp³-hybridized carbons (Fsp3) is 0.364. The highest BCUT2D eigenvalue weighted by molar-refractivity contribution is 6.33. The average molecular weight is 415 g/mol. The van der Waals surface area contributed by atoms with Gasteiger partial charge in [-0.15, -0.1) is 0 Å². The molecule has 0 bridgehead atoms. The molecule has 1 saturated heterocycles. The van der Waals surface area contributed by atoms with Gasteiger partial charge < -0.3 is 20.4 Å². The average Bonchev–Trinajstić information content (AvgIpc) is 2.72. The van der Waals surface area contributed by atoms with Crippen LogP contribution < -0.4 is 15.5 Å². The molecular formula is C22H27ClN4O2. The molecule has 0 spiro atoms. The molecule has 1 fully saturated rings. The zero-order chi connectivity index (χ0) is 20.8. The number of urea groups is 1. The van der Waals surface area contributed by atoms with Crippen LogP contribution in [0, 0.1) is 0 Å². The summed E-state index contributed by atoms with van der Waals surface area (Å²) < 4.78 is 0. The summed E-state index contributed by atoms with van der Waals surface area (Å²) in [6, 6.07) is 15.1. The number of rotatable bonds is 5. The van der Waals surface area contributed by atoms with Gasteiger partial charge in [-0.05, 0) is 43.7 Å².